The second-order valence-electron chi connectivity index (χ2n) is 3.93. The van der Waals surface area contributed by atoms with E-state index in [9.17, 15) is 4.79 Å². The molecule has 1 aromatic rings. The van der Waals surface area contributed by atoms with Crippen molar-refractivity contribution in [3.05, 3.63) is 28.8 Å². The predicted molar refractivity (Wildman–Crippen MR) is 75.8 cm³/mol. The first-order valence-corrected chi connectivity index (χ1v) is 6.58. The van der Waals surface area contributed by atoms with Crippen LogP contribution in [-0.4, -0.2) is 53.0 Å². The average Bonchev–Trinajstić information content (AvgIpc) is 2.46. The summed E-state index contributed by atoms with van der Waals surface area (Å²) in [6, 6.07) is 4.89. The lowest BCUT2D eigenvalue weighted by molar-refractivity contribution is 0.0253. The predicted octanol–water partition coefficient (Wildman–Crippen LogP) is 2.21. The van der Waals surface area contributed by atoms with E-state index in [0.717, 1.165) is 0 Å². The Balaban J connectivity index is 2.27. The number of halogens is 1. The van der Waals surface area contributed by atoms with Crippen LogP contribution in [0.5, 0.6) is 5.75 Å². The lowest BCUT2D eigenvalue weighted by atomic mass is 10.1. The molecule has 0 bridgehead atoms. The zero-order valence-corrected chi connectivity index (χ0v) is 12.4. The summed E-state index contributed by atoms with van der Waals surface area (Å²) in [4.78, 5) is 11.8. The zero-order chi connectivity index (χ0) is 14.8. The van der Waals surface area contributed by atoms with Gasteiger partial charge in [-0.3, -0.25) is 4.79 Å². The number of hydrogen-bond acceptors (Lipinski definition) is 5. The SMILES string of the molecule is COCCOCCOCC(=O)c1ccc(OC)c(Cl)c1. The molecule has 0 atom stereocenters. The fourth-order valence-electron chi connectivity index (χ4n) is 1.45. The number of methoxy groups -OCH3 is 2. The summed E-state index contributed by atoms with van der Waals surface area (Å²) in [5.41, 5.74) is 0.496. The summed E-state index contributed by atoms with van der Waals surface area (Å²) in [6.07, 6.45) is 0. The van der Waals surface area contributed by atoms with Gasteiger partial charge in [0.05, 0.1) is 38.6 Å². The highest BCUT2D eigenvalue weighted by Gasteiger charge is 2.09. The van der Waals surface area contributed by atoms with E-state index in [1.807, 2.05) is 0 Å². The number of hydrogen-bond donors (Lipinski definition) is 0. The van der Waals surface area contributed by atoms with E-state index in [4.69, 9.17) is 30.5 Å². The molecule has 0 aliphatic carbocycles. The van der Waals surface area contributed by atoms with Crippen LogP contribution in [0.2, 0.25) is 5.02 Å². The number of ether oxygens (including phenoxy) is 4. The molecule has 0 amide bonds. The molecule has 0 saturated carbocycles. The quantitative estimate of drug-likeness (QED) is 0.490. The highest BCUT2D eigenvalue weighted by atomic mass is 35.5. The normalized spacial score (nSPS) is 10.6. The van der Waals surface area contributed by atoms with Crippen molar-refractivity contribution in [2.45, 2.75) is 0 Å². The molecule has 0 aromatic heterocycles. The highest BCUT2D eigenvalue weighted by molar-refractivity contribution is 6.32. The van der Waals surface area contributed by atoms with Gasteiger partial charge >= 0.3 is 0 Å². The maximum Gasteiger partial charge on any atom is 0.188 e. The molecule has 0 radical (unpaired) electrons. The molecule has 0 aliphatic rings. The lowest BCUT2D eigenvalue weighted by Crippen LogP contribution is -2.13. The first kappa shape index (κ1) is 16.9. The molecule has 6 heteroatoms. The van der Waals surface area contributed by atoms with Gasteiger partial charge in [-0.15, -0.1) is 0 Å². The summed E-state index contributed by atoms with van der Waals surface area (Å²) < 4.78 is 20.3. The zero-order valence-electron chi connectivity index (χ0n) is 11.7. The number of Topliss-reactive ketones (excluding diaryl/α,β-unsaturated/α-hetero) is 1. The second-order valence-corrected chi connectivity index (χ2v) is 4.34. The van der Waals surface area contributed by atoms with E-state index in [0.29, 0.717) is 42.8 Å². The third-order valence-electron chi connectivity index (χ3n) is 2.51. The van der Waals surface area contributed by atoms with Crippen molar-refractivity contribution in [1.82, 2.24) is 0 Å². The Bertz CT molecular complexity index is 422. The highest BCUT2D eigenvalue weighted by Crippen LogP contribution is 2.25. The molecular weight excluding hydrogens is 284 g/mol. The van der Waals surface area contributed by atoms with Gasteiger partial charge in [-0.05, 0) is 18.2 Å². The van der Waals surface area contributed by atoms with Crippen molar-refractivity contribution in [3.8, 4) is 5.75 Å². The van der Waals surface area contributed by atoms with E-state index in [-0.39, 0.29) is 12.4 Å². The van der Waals surface area contributed by atoms with Gasteiger partial charge < -0.3 is 18.9 Å². The number of carbonyl (C=O) groups is 1. The third kappa shape index (κ3) is 5.88. The van der Waals surface area contributed by atoms with Gasteiger partial charge in [-0.1, -0.05) is 11.6 Å². The molecular formula is C14H19ClO5. The van der Waals surface area contributed by atoms with Gasteiger partial charge in [-0.2, -0.15) is 0 Å². The Labute approximate surface area is 123 Å². The van der Waals surface area contributed by atoms with E-state index < -0.39 is 0 Å². The summed E-state index contributed by atoms with van der Waals surface area (Å²) in [7, 11) is 3.13. The Morgan fingerprint density at radius 2 is 1.80 bits per heavy atom. The van der Waals surface area contributed by atoms with E-state index >= 15 is 0 Å². The molecule has 20 heavy (non-hydrogen) atoms. The monoisotopic (exact) mass is 302 g/mol. The van der Waals surface area contributed by atoms with Crippen molar-refractivity contribution in [2.24, 2.45) is 0 Å². The largest absolute Gasteiger partial charge is 0.495 e. The van der Waals surface area contributed by atoms with Crippen LogP contribution in [0.1, 0.15) is 10.4 Å². The molecule has 0 spiro atoms. The Morgan fingerprint density at radius 1 is 1.10 bits per heavy atom. The summed E-state index contributed by atoms with van der Waals surface area (Å²) in [5.74, 6) is 0.405. The fraction of sp³-hybridized carbons (Fsp3) is 0.500. The van der Waals surface area contributed by atoms with Crippen molar-refractivity contribution in [1.29, 1.82) is 0 Å². The molecule has 0 heterocycles. The Morgan fingerprint density at radius 3 is 2.45 bits per heavy atom. The minimum atomic E-state index is -0.133. The van der Waals surface area contributed by atoms with Crippen LogP contribution in [0.4, 0.5) is 0 Å². The van der Waals surface area contributed by atoms with Crippen LogP contribution < -0.4 is 4.74 Å². The van der Waals surface area contributed by atoms with Gasteiger partial charge in [0.25, 0.3) is 0 Å². The molecule has 5 nitrogen and oxygen atoms in total. The molecule has 0 fully saturated rings. The Hall–Kier alpha value is -1.14. The average molecular weight is 303 g/mol. The van der Waals surface area contributed by atoms with E-state index in [1.54, 1.807) is 25.3 Å². The lowest BCUT2D eigenvalue weighted by Gasteiger charge is -2.07. The number of benzene rings is 1. The van der Waals surface area contributed by atoms with Crippen molar-refractivity contribution >= 4 is 17.4 Å². The van der Waals surface area contributed by atoms with E-state index in [1.165, 1.54) is 7.11 Å². The second kappa shape index (κ2) is 9.72. The molecule has 0 saturated heterocycles. The van der Waals surface area contributed by atoms with Crippen LogP contribution in [-0.2, 0) is 14.2 Å². The first-order valence-electron chi connectivity index (χ1n) is 6.20. The molecule has 1 aromatic carbocycles. The van der Waals surface area contributed by atoms with Crippen LogP contribution in [0, 0.1) is 0 Å². The number of ketones is 1. The van der Waals surface area contributed by atoms with Gasteiger partial charge in [0.15, 0.2) is 5.78 Å². The van der Waals surface area contributed by atoms with Crippen LogP contribution in [0.3, 0.4) is 0 Å². The van der Waals surface area contributed by atoms with Gasteiger partial charge in [-0.25, -0.2) is 0 Å². The maximum absolute atomic E-state index is 11.8. The van der Waals surface area contributed by atoms with Crippen molar-refractivity contribution < 1.29 is 23.7 Å². The molecule has 0 unspecified atom stereocenters. The van der Waals surface area contributed by atoms with Crippen LogP contribution >= 0.6 is 11.6 Å². The van der Waals surface area contributed by atoms with Gasteiger partial charge in [0.2, 0.25) is 0 Å². The van der Waals surface area contributed by atoms with Gasteiger partial charge in [0, 0.05) is 12.7 Å². The topological polar surface area (TPSA) is 54.0 Å². The summed E-state index contributed by atoms with van der Waals surface area (Å²) >= 11 is 5.96. The van der Waals surface area contributed by atoms with Crippen LogP contribution in [0.25, 0.3) is 0 Å². The fourth-order valence-corrected chi connectivity index (χ4v) is 1.71. The molecule has 112 valence electrons. The van der Waals surface area contributed by atoms with Crippen molar-refractivity contribution in [2.75, 3.05) is 47.3 Å². The minimum Gasteiger partial charge on any atom is -0.495 e. The standard InChI is InChI=1S/C14H19ClO5/c1-17-5-6-19-7-8-20-10-13(16)11-3-4-14(18-2)12(15)9-11/h3-4,9H,5-8,10H2,1-2H3. The number of carbonyl (C=O) groups excluding carboxylic acids is 1. The molecule has 0 N–H and O–H groups in total. The minimum absolute atomic E-state index is 0.00368. The molecule has 1 rings (SSSR count). The summed E-state index contributed by atoms with van der Waals surface area (Å²) in [6.45, 7) is 1.85. The first-order chi connectivity index (χ1) is 9.69. The van der Waals surface area contributed by atoms with E-state index in [2.05, 4.69) is 0 Å². The smallest absolute Gasteiger partial charge is 0.188 e. The summed E-state index contributed by atoms with van der Waals surface area (Å²) in [5, 5.41) is 0.404. The van der Waals surface area contributed by atoms with Crippen LogP contribution in [0.15, 0.2) is 18.2 Å². The Kier molecular flexibility index (Phi) is 8.22. The number of rotatable bonds is 10. The third-order valence-corrected chi connectivity index (χ3v) is 2.81. The van der Waals surface area contributed by atoms with Crippen molar-refractivity contribution in [3.63, 3.8) is 0 Å². The van der Waals surface area contributed by atoms with Gasteiger partial charge in [0.1, 0.15) is 12.4 Å². The molecule has 0 aliphatic heterocycles. The maximum atomic E-state index is 11.8.